The largest absolute Gasteiger partial charge is 0.454 e. The first-order valence-corrected chi connectivity index (χ1v) is 6.22. The third kappa shape index (κ3) is 2.45. The lowest BCUT2D eigenvalue weighted by molar-refractivity contribution is -0.142. The van der Waals surface area contributed by atoms with Crippen LogP contribution in [0.2, 0.25) is 0 Å². The first-order chi connectivity index (χ1) is 8.40. The van der Waals surface area contributed by atoms with E-state index in [2.05, 4.69) is 0 Å². The molecule has 0 amide bonds. The Morgan fingerprint density at radius 1 is 1.33 bits per heavy atom. The molecule has 0 fully saturated rings. The standard InChI is InChI=1S/C15H18O3/c1-10-5-4-6-11-9-13(18-14(11)17)15(2,3)8-7-12(10)16/h5,7-9,13H,4,6H2,1-3H3/b8-7-,10-5-/t13-/m0/s1. The zero-order valence-electron chi connectivity index (χ0n) is 11.0. The van der Waals surface area contributed by atoms with Crippen LogP contribution in [0.25, 0.3) is 0 Å². The summed E-state index contributed by atoms with van der Waals surface area (Å²) >= 11 is 0. The first kappa shape index (κ1) is 12.8. The summed E-state index contributed by atoms with van der Waals surface area (Å²) in [6.45, 7) is 5.73. The van der Waals surface area contributed by atoms with Crippen LogP contribution < -0.4 is 0 Å². The summed E-state index contributed by atoms with van der Waals surface area (Å²) in [5.74, 6) is -0.198. The number of rotatable bonds is 0. The molecule has 2 aliphatic rings. The summed E-state index contributed by atoms with van der Waals surface area (Å²) in [5.41, 5.74) is 1.09. The van der Waals surface area contributed by atoms with Crippen molar-refractivity contribution in [3.8, 4) is 0 Å². The first-order valence-electron chi connectivity index (χ1n) is 6.22. The second kappa shape index (κ2) is 4.56. The van der Waals surface area contributed by atoms with Gasteiger partial charge in [-0.3, -0.25) is 4.79 Å². The topological polar surface area (TPSA) is 43.4 Å². The Morgan fingerprint density at radius 3 is 2.78 bits per heavy atom. The van der Waals surface area contributed by atoms with Gasteiger partial charge in [0.05, 0.1) is 0 Å². The van der Waals surface area contributed by atoms with E-state index in [1.54, 1.807) is 6.08 Å². The van der Waals surface area contributed by atoms with Crippen LogP contribution in [0.5, 0.6) is 0 Å². The minimum absolute atomic E-state index is 0.0252. The number of ketones is 1. The van der Waals surface area contributed by atoms with Crippen LogP contribution in [0.1, 0.15) is 33.6 Å². The van der Waals surface area contributed by atoms with E-state index in [1.807, 2.05) is 39.0 Å². The highest BCUT2D eigenvalue weighted by Gasteiger charge is 2.35. The highest BCUT2D eigenvalue weighted by molar-refractivity contribution is 6.03. The van der Waals surface area contributed by atoms with Crippen molar-refractivity contribution in [3.05, 3.63) is 35.5 Å². The van der Waals surface area contributed by atoms with Crippen molar-refractivity contribution < 1.29 is 14.3 Å². The van der Waals surface area contributed by atoms with Crippen molar-refractivity contribution in [1.82, 2.24) is 0 Å². The lowest BCUT2D eigenvalue weighted by Gasteiger charge is -2.25. The molecule has 0 aromatic rings. The number of carbonyl (C=O) groups excluding carboxylic acids is 2. The predicted molar refractivity (Wildman–Crippen MR) is 68.9 cm³/mol. The van der Waals surface area contributed by atoms with Crippen molar-refractivity contribution >= 4 is 11.8 Å². The van der Waals surface area contributed by atoms with Gasteiger partial charge in [-0.05, 0) is 37.5 Å². The third-order valence-corrected chi connectivity index (χ3v) is 3.50. The number of fused-ring (bicyclic) bond motifs is 1. The van der Waals surface area contributed by atoms with Gasteiger partial charge in [0, 0.05) is 11.0 Å². The molecular weight excluding hydrogens is 228 g/mol. The fourth-order valence-corrected chi connectivity index (χ4v) is 2.09. The van der Waals surface area contributed by atoms with Crippen LogP contribution in [0, 0.1) is 5.41 Å². The van der Waals surface area contributed by atoms with Crippen LogP contribution in [0.4, 0.5) is 0 Å². The van der Waals surface area contributed by atoms with Gasteiger partial charge in [0.15, 0.2) is 5.78 Å². The molecule has 18 heavy (non-hydrogen) atoms. The Morgan fingerprint density at radius 2 is 2.06 bits per heavy atom. The Hall–Kier alpha value is -1.64. The molecule has 2 rings (SSSR count). The lowest BCUT2D eigenvalue weighted by Crippen LogP contribution is -2.27. The lowest BCUT2D eigenvalue weighted by atomic mass is 9.85. The molecule has 2 bridgehead atoms. The highest BCUT2D eigenvalue weighted by atomic mass is 16.5. The Bertz CT molecular complexity index is 478. The SMILES string of the molecule is C/C1=C/CCC2=C[C@H](OC2=O)C(C)(C)/C=C\C1=O. The molecule has 1 aliphatic carbocycles. The monoisotopic (exact) mass is 246 g/mol. The van der Waals surface area contributed by atoms with Gasteiger partial charge < -0.3 is 4.74 Å². The maximum absolute atomic E-state index is 11.8. The van der Waals surface area contributed by atoms with Crippen LogP contribution in [-0.2, 0) is 14.3 Å². The van der Waals surface area contributed by atoms with E-state index in [-0.39, 0.29) is 23.3 Å². The van der Waals surface area contributed by atoms with Gasteiger partial charge in [0.1, 0.15) is 6.10 Å². The van der Waals surface area contributed by atoms with Crippen molar-refractivity contribution in [2.45, 2.75) is 39.7 Å². The maximum Gasteiger partial charge on any atom is 0.334 e. The summed E-state index contributed by atoms with van der Waals surface area (Å²) in [6, 6.07) is 0. The normalized spacial score (nSPS) is 31.8. The van der Waals surface area contributed by atoms with E-state index in [9.17, 15) is 9.59 Å². The van der Waals surface area contributed by atoms with E-state index in [1.165, 1.54) is 0 Å². The Balaban J connectivity index is 2.37. The maximum atomic E-state index is 11.8. The number of esters is 1. The molecule has 1 atom stereocenters. The number of carbonyl (C=O) groups is 2. The molecule has 0 saturated carbocycles. The fraction of sp³-hybridized carbons (Fsp3) is 0.467. The average molecular weight is 246 g/mol. The summed E-state index contributed by atoms with van der Waals surface area (Å²) < 4.78 is 5.36. The second-order valence-electron chi connectivity index (χ2n) is 5.46. The van der Waals surface area contributed by atoms with E-state index >= 15 is 0 Å². The molecule has 3 nitrogen and oxygen atoms in total. The van der Waals surface area contributed by atoms with Gasteiger partial charge in [0.25, 0.3) is 0 Å². The van der Waals surface area contributed by atoms with Gasteiger partial charge in [0.2, 0.25) is 0 Å². The molecule has 0 aromatic heterocycles. The van der Waals surface area contributed by atoms with Crippen LogP contribution in [0.3, 0.4) is 0 Å². The zero-order valence-corrected chi connectivity index (χ0v) is 11.0. The van der Waals surface area contributed by atoms with E-state index in [0.717, 1.165) is 11.1 Å². The second-order valence-corrected chi connectivity index (χ2v) is 5.46. The molecule has 1 aliphatic heterocycles. The third-order valence-electron chi connectivity index (χ3n) is 3.50. The highest BCUT2D eigenvalue weighted by Crippen LogP contribution is 2.33. The van der Waals surface area contributed by atoms with E-state index in [0.29, 0.717) is 12.8 Å². The Kier molecular flexibility index (Phi) is 3.24. The molecule has 0 aromatic carbocycles. The van der Waals surface area contributed by atoms with Crippen LogP contribution >= 0.6 is 0 Å². The van der Waals surface area contributed by atoms with Crippen LogP contribution in [-0.4, -0.2) is 17.9 Å². The molecule has 0 unspecified atom stereocenters. The summed E-state index contributed by atoms with van der Waals surface area (Å²) in [7, 11) is 0. The van der Waals surface area contributed by atoms with Gasteiger partial charge in [-0.15, -0.1) is 0 Å². The van der Waals surface area contributed by atoms with Crippen molar-refractivity contribution in [2.75, 3.05) is 0 Å². The average Bonchev–Trinajstić information content (AvgIpc) is 2.67. The van der Waals surface area contributed by atoms with Gasteiger partial charge in [-0.25, -0.2) is 4.79 Å². The summed E-state index contributed by atoms with van der Waals surface area (Å²) in [4.78, 5) is 23.5. The van der Waals surface area contributed by atoms with E-state index < -0.39 is 0 Å². The fourth-order valence-electron chi connectivity index (χ4n) is 2.09. The van der Waals surface area contributed by atoms with Crippen molar-refractivity contribution in [1.29, 1.82) is 0 Å². The van der Waals surface area contributed by atoms with Gasteiger partial charge in [-0.1, -0.05) is 26.0 Å². The van der Waals surface area contributed by atoms with Gasteiger partial charge in [-0.2, -0.15) is 0 Å². The smallest absolute Gasteiger partial charge is 0.334 e. The summed E-state index contributed by atoms with van der Waals surface area (Å²) in [5, 5.41) is 0. The van der Waals surface area contributed by atoms with E-state index in [4.69, 9.17) is 4.74 Å². The van der Waals surface area contributed by atoms with Gasteiger partial charge >= 0.3 is 5.97 Å². The van der Waals surface area contributed by atoms with Crippen LogP contribution in [0.15, 0.2) is 35.5 Å². The molecule has 0 saturated heterocycles. The number of allylic oxidation sites excluding steroid dienone is 3. The molecule has 0 N–H and O–H groups in total. The minimum atomic E-state index is -0.363. The molecule has 1 heterocycles. The zero-order chi connectivity index (χ0) is 13.3. The minimum Gasteiger partial charge on any atom is -0.454 e. The molecule has 0 spiro atoms. The van der Waals surface area contributed by atoms with Crippen molar-refractivity contribution in [2.24, 2.45) is 5.41 Å². The molecular formula is C15H18O3. The molecule has 3 heteroatoms. The summed E-state index contributed by atoms with van der Waals surface area (Å²) in [6.07, 6.45) is 8.24. The number of hydrogen-bond donors (Lipinski definition) is 0. The number of ether oxygens (including phenoxy) is 1. The predicted octanol–water partition coefficient (Wildman–Crippen LogP) is 2.73. The molecule has 0 radical (unpaired) electrons. The van der Waals surface area contributed by atoms with Crippen molar-refractivity contribution in [3.63, 3.8) is 0 Å². The Labute approximate surface area is 107 Å². The quantitative estimate of drug-likeness (QED) is 0.617. The molecule has 96 valence electrons. The number of hydrogen-bond acceptors (Lipinski definition) is 3.